The average molecular weight is 228 g/mol. The van der Waals surface area contributed by atoms with Gasteiger partial charge in [-0.2, -0.15) is 35.1 Å². The highest BCUT2D eigenvalue weighted by Crippen LogP contribution is 2.32. The minimum absolute atomic E-state index is 3.50. The van der Waals surface area contributed by atoms with Gasteiger partial charge in [-0.1, -0.05) is 0 Å². The number of halogens is 8. The first-order valence-electron chi connectivity index (χ1n) is 2.72. The van der Waals surface area contributed by atoms with E-state index >= 15 is 0 Å². The molecule has 0 aromatic heterocycles. The molecular weight excluding hydrogens is 228 g/mol. The summed E-state index contributed by atoms with van der Waals surface area (Å²) >= 11 is 0. The van der Waals surface area contributed by atoms with Crippen LogP contribution in [0.5, 0.6) is 0 Å². The minimum Gasteiger partial charge on any atom is -0.281 e. The summed E-state index contributed by atoms with van der Waals surface area (Å²) in [7, 11) is 0. The molecule has 0 heterocycles. The molecule has 0 aromatic rings. The molecule has 9 heteroatoms. The van der Waals surface area contributed by atoms with Gasteiger partial charge in [0.25, 0.3) is 5.78 Å². The summed E-state index contributed by atoms with van der Waals surface area (Å²) in [6.07, 6.45) is -11.8. The normalized spacial score (nSPS) is 15.1. The Bertz CT molecular complexity index is 268. The van der Waals surface area contributed by atoms with E-state index in [0.717, 1.165) is 0 Å². The highest BCUT2D eigenvalue weighted by atomic mass is 19.4. The lowest BCUT2D eigenvalue weighted by Crippen LogP contribution is -2.25. The Hall–Kier alpha value is -1.15. The van der Waals surface area contributed by atoms with E-state index in [-0.39, 0.29) is 0 Å². The van der Waals surface area contributed by atoms with Crippen LogP contribution in [0.3, 0.4) is 0 Å². The Kier molecular flexibility index (Phi) is 3.25. The first kappa shape index (κ1) is 12.8. The molecule has 0 unspecified atom stereocenters. The maximum Gasteiger partial charge on any atom is 0.457 e. The van der Waals surface area contributed by atoms with Crippen molar-refractivity contribution in [3.63, 3.8) is 0 Å². The van der Waals surface area contributed by atoms with Gasteiger partial charge in [0.1, 0.15) is 0 Å². The molecule has 0 aliphatic heterocycles. The molecule has 14 heavy (non-hydrogen) atoms. The highest BCUT2D eigenvalue weighted by Gasteiger charge is 2.48. The number of rotatable bonds is 1. The van der Waals surface area contributed by atoms with E-state index in [2.05, 4.69) is 0 Å². The van der Waals surface area contributed by atoms with Gasteiger partial charge in [-0.3, -0.25) is 4.79 Å². The summed E-state index contributed by atoms with van der Waals surface area (Å²) in [5.41, 5.74) is 0. The fourth-order valence-corrected chi connectivity index (χ4v) is 0.349. The van der Waals surface area contributed by atoms with Gasteiger partial charge in [0.2, 0.25) is 11.7 Å². The van der Waals surface area contributed by atoms with Gasteiger partial charge in [-0.15, -0.1) is 0 Å². The summed E-state index contributed by atoms with van der Waals surface area (Å²) < 4.78 is 91.3. The molecule has 0 fully saturated rings. The Balaban J connectivity index is 5.14. The van der Waals surface area contributed by atoms with Gasteiger partial charge in [-0.25, -0.2) is 0 Å². The zero-order valence-electron chi connectivity index (χ0n) is 5.93. The molecule has 0 N–H and O–H groups in total. The van der Waals surface area contributed by atoms with E-state index in [1.165, 1.54) is 0 Å². The Morgan fingerprint density at radius 1 is 0.786 bits per heavy atom. The van der Waals surface area contributed by atoms with Crippen molar-refractivity contribution in [3.8, 4) is 0 Å². The molecule has 82 valence electrons. The maximum absolute atomic E-state index is 11.9. The van der Waals surface area contributed by atoms with Crippen molar-refractivity contribution in [3.05, 3.63) is 11.7 Å². The van der Waals surface area contributed by atoms with Gasteiger partial charge < -0.3 is 0 Å². The molecule has 0 aliphatic rings. The van der Waals surface area contributed by atoms with Gasteiger partial charge in [-0.05, 0) is 0 Å². The Morgan fingerprint density at radius 3 is 1.36 bits per heavy atom. The van der Waals surface area contributed by atoms with E-state index in [1.54, 1.807) is 0 Å². The molecule has 0 amide bonds. The van der Waals surface area contributed by atoms with Crippen molar-refractivity contribution in [1.29, 1.82) is 0 Å². The van der Waals surface area contributed by atoms with Crippen molar-refractivity contribution >= 4 is 5.78 Å². The van der Waals surface area contributed by atoms with Gasteiger partial charge >= 0.3 is 12.4 Å². The predicted molar refractivity (Wildman–Crippen MR) is 26.4 cm³/mol. The summed E-state index contributed by atoms with van der Waals surface area (Å²) in [6, 6.07) is 0. The summed E-state index contributed by atoms with van der Waals surface area (Å²) in [5, 5.41) is 0. The highest BCUT2D eigenvalue weighted by molar-refractivity contribution is 5.98. The number of hydrogen-bond donors (Lipinski definition) is 0. The number of ketones is 1. The van der Waals surface area contributed by atoms with Crippen molar-refractivity contribution in [2.24, 2.45) is 0 Å². The molecule has 0 bridgehead atoms. The molecule has 0 spiro atoms. The maximum atomic E-state index is 11.9. The van der Waals surface area contributed by atoms with Crippen LogP contribution in [-0.2, 0) is 4.79 Å². The smallest absolute Gasteiger partial charge is 0.281 e. The zero-order valence-corrected chi connectivity index (χ0v) is 5.93. The van der Waals surface area contributed by atoms with Crippen LogP contribution in [-0.4, -0.2) is 18.1 Å². The SMILES string of the molecule is O=C(/C(F)=C(\F)C(F)(F)F)C(F)(F)F. The predicted octanol–water partition coefficient (Wildman–Crippen LogP) is 2.83. The third kappa shape index (κ3) is 2.96. The van der Waals surface area contributed by atoms with Crippen LogP contribution < -0.4 is 0 Å². The van der Waals surface area contributed by atoms with E-state index < -0.39 is 29.8 Å². The minimum atomic E-state index is -5.95. The zero-order chi connectivity index (χ0) is 11.7. The van der Waals surface area contributed by atoms with Crippen molar-refractivity contribution < 1.29 is 39.9 Å². The number of hydrogen-bond acceptors (Lipinski definition) is 1. The standard InChI is InChI=1S/C5F8O/c6-1(2(7)4(8,9)10)3(14)5(11,12)13/b2-1+. The Morgan fingerprint density at radius 2 is 1.14 bits per heavy atom. The third-order valence-corrected chi connectivity index (χ3v) is 0.898. The van der Waals surface area contributed by atoms with Gasteiger partial charge in [0, 0.05) is 0 Å². The second-order valence-electron chi connectivity index (χ2n) is 1.95. The lowest BCUT2D eigenvalue weighted by molar-refractivity contribution is -0.169. The van der Waals surface area contributed by atoms with Crippen LogP contribution in [0.25, 0.3) is 0 Å². The molecule has 0 saturated heterocycles. The van der Waals surface area contributed by atoms with Gasteiger partial charge in [0.15, 0.2) is 0 Å². The van der Waals surface area contributed by atoms with Crippen LogP contribution in [0.2, 0.25) is 0 Å². The number of carbonyl (C=O) groups excluding carboxylic acids is 1. The molecule has 0 aliphatic carbocycles. The van der Waals surface area contributed by atoms with Gasteiger partial charge in [0.05, 0.1) is 0 Å². The molecule has 0 saturated carbocycles. The van der Waals surface area contributed by atoms with Crippen molar-refractivity contribution in [2.75, 3.05) is 0 Å². The molecule has 1 nitrogen and oxygen atoms in total. The number of allylic oxidation sites excluding steroid dienone is 2. The summed E-state index contributed by atoms with van der Waals surface area (Å²) in [5.74, 6) is -10.7. The van der Waals surface area contributed by atoms with Crippen LogP contribution in [0, 0.1) is 0 Å². The number of carbonyl (C=O) groups is 1. The van der Waals surface area contributed by atoms with E-state index in [0.29, 0.717) is 0 Å². The lowest BCUT2D eigenvalue weighted by atomic mass is 10.3. The van der Waals surface area contributed by atoms with Crippen LogP contribution in [0.1, 0.15) is 0 Å². The van der Waals surface area contributed by atoms with Crippen LogP contribution in [0.4, 0.5) is 35.1 Å². The van der Waals surface area contributed by atoms with Crippen LogP contribution >= 0.6 is 0 Å². The third-order valence-electron chi connectivity index (χ3n) is 0.898. The fourth-order valence-electron chi connectivity index (χ4n) is 0.349. The van der Waals surface area contributed by atoms with E-state index in [9.17, 15) is 39.9 Å². The fraction of sp³-hybridized carbons (Fsp3) is 0.400. The topological polar surface area (TPSA) is 17.1 Å². The lowest BCUT2D eigenvalue weighted by Gasteiger charge is -2.06. The quantitative estimate of drug-likeness (QED) is 0.498. The Labute approximate surface area is 71.0 Å². The number of Topliss-reactive ketones (excluding diaryl/α,β-unsaturated/α-hetero) is 1. The second-order valence-corrected chi connectivity index (χ2v) is 1.95. The largest absolute Gasteiger partial charge is 0.457 e. The van der Waals surface area contributed by atoms with Crippen molar-refractivity contribution in [1.82, 2.24) is 0 Å². The molecular formula is C5F8O. The van der Waals surface area contributed by atoms with Crippen molar-refractivity contribution in [2.45, 2.75) is 12.4 Å². The molecule has 0 atom stereocenters. The molecule has 0 rings (SSSR count). The number of alkyl halides is 6. The molecule has 0 aromatic carbocycles. The summed E-state index contributed by atoms with van der Waals surface area (Å²) in [4.78, 5) is 9.75. The summed E-state index contributed by atoms with van der Waals surface area (Å²) in [6.45, 7) is 0. The average Bonchev–Trinajstić information content (AvgIpc) is 1.97. The monoisotopic (exact) mass is 228 g/mol. The first-order valence-corrected chi connectivity index (χ1v) is 2.72. The van der Waals surface area contributed by atoms with E-state index in [1.807, 2.05) is 0 Å². The van der Waals surface area contributed by atoms with Crippen LogP contribution in [0.15, 0.2) is 11.7 Å². The van der Waals surface area contributed by atoms with E-state index in [4.69, 9.17) is 0 Å². The first-order chi connectivity index (χ1) is 5.98. The second kappa shape index (κ2) is 3.54. The molecule has 0 radical (unpaired) electrons.